The lowest BCUT2D eigenvalue weighted by Crippen LogP contribution is -2.13. The van der Waals surface area contributed by atoms with Crippen LogP contribution in [0.4, 0.5) is 0 Å². The molecule has 9 nitrogen and oxygen atoms in total. The first-order valence-corrected chi connectivity index (χ1v) is 6.96. The molecule has 0 aliphatic heterocycles. The van der Waals surface area contributed by atoms with E-state index in [9.17, 15) is 9.13 Å². The van der Waals surface area contributed by atoms with Gasteiger partial charge in [0.1, 0.15) is 0 Å². The minimum Gasteiger partial charge on any atom is -0.392 e. The monoisotopic (exact) mass is 277 g/mol. The van der Waals surface area contributed by atoms with Crippen LogP contribution < -0.4 is 5.48 Å². The van der Waals surface area contributed by atoms with Crippen molar-refractivity contribution >= 4 is 15.6 Å². The molecule has 0 saturated heterocycles. The van der Waals surface area contributed by atoms with Gasteiger partial charge in [0, 0.05) is 6.54 Å². The summed E-state index contributed by atoms with van der Waals surface area (Å²) in [6, 6.07) is 0. The summed E-state index contributed by atoms with van der Waals surface area (Å²) in [5, 5.41) is 8.58. The van der Waals surface area contributed by atoms with Crippen molar-refractivity contribution < 1.29 is 37.9 Å². The molecule has 0 aliphatic carbocycles. The molecule has 5 N–H and O–H groups in total. The summed E-state index contributed by atoms with van der Waals surface area (Å²) in [4.78, 5) is 25.2. The molecule has 0 radical (unpaired) electrons. The third-order valence-electron chi connectivity index (χ3n) is 1.17. The van der Waals surface area contributed by atoms with E-state index in [0.717, 1.165) is 0 Å². The van der Waals surface area contributed by atoms with Gasteiger partial charge >= 0.3 is 15.6 Å². The van der Waals surface area contributed by atoms with Crippen molar-refractivity contribution in [1.29, 1.82) is 0 Å². The van der Waals surface area contributed by atoms with Crippen LogP contribution in [-0.4, -0.2) is 32.9 Å². The molecule has 96 valence electrons. The van der Waals surface area contributed by atoms with Crippen LogP contribution in [-0.2, 0) is 18.1 Å². The molecule has 0 bridgehead atoms. The summed E-state index contributed by atoms with van der Waals surface area (Å²) in [6.07, 6.45) is 1.44. The summed E-state index contributed by atoms with van der Waals surface area (Å²) < 4.78 is 28.6. The lowest BCUT2D eigenvalue weighted by Gasteiger charge is -2.11. The summed E-state index contributed by atoms with van der Waals surface area (Å²) in [7, 11) is -9.94. The van der Waals surface area contributed by atoms with Crippen molar-refractivity contribution in [2.24, 2.45) is 0 Å². The molecule has 0 aromatic carbocycles. The predicted octanol–water partition coefficient (Wildman–Crippen LogP) is -0.344. The van der Waals surface area contributed by atoms with Crippen LogP contribution in [0.2, 0.25) is 0 Å². The second kappa shape index (κ2) is 6.61. The number of aliphatic hydroxyl groups is 1. The third kappa shape index (κ3) is 9.17. The zero-order valence-corrected chi connectivity index (χ0v) is 10.1. The molecule has 0 spiro atoms. The van der Waals surface area contributed by atoms with Crippen LogP contribution in [0, 0.1) is 0 Å². The second-order valence-electron chi connectivity index (χ2n) is 2.69. The molecule has 11 heteroatoms. The van der Waals surface area contributed by atoms with Crippen molar-refractivity contribution in [3.63, 3.8) is 0 Å². The molecule has 0 aromatic heterocycles. The van der Waals surface area contributed by atoms with Crippen molar-refractivity contribution in [2.45, 2.75) is 6.92 Å². The van der Waals surface area contributed by atoms with Gasteiger partial charge in [-0.2, -0.15) is 14.4 Å². The molecule has 0 heterocycles. The highest BCUT2D eigenvalue weighted by Gasteiger charge is 2.32. The quantitative estimate of drug-likeness (QED) is 0.182. The van der Waals surface area contributed by atoms with E-state index in [4.69, 9.17) is 19.8 Å². The number of hydroxylamine groups is 1. The fraction of sp³-hybridized carbons (Fsp3) is 0.600. The SMILES string of the molecule is C/C(=C\CNOP(=O)(O)OP(=O)(O)O)CO. The first kappa shape index (κ1) is 15.9. The Hall–Kier alpha value is -0.0800. The number of nitrogens with one attached hydrogen (secondary N) is 1. The Bertz CT molecular complexity index is 335. The predicted molar refractivity (Wildman–Crippen MR) is 52.9 cm³/mol. The molecular weight excluding hydrogens is 264 g/mol. The van der Waals surface area contributed by atoms with Gasteiger partial charge in [-0.05, 0) is 6.92 Å². The fourth-order valence-electron chi connectivity index (χ4n) is 0.550. The van der Waals surface area contributed by atoms with Gasteiger partial charge in [-0.1, -0.05) is 11.6 Å². The van der Waals surface area contributed by atoms with E-state index in [0.29, 0.717) is 5.57 Å². The molecule has 1 atom stereocenters. The van der Waals surface area contributed by atoms with E-state index in [2.05, 4.69) is 8.94 Å². The molecule has 16 heavy (non-hydrogen) atoms. The van der Waals surface area contributed by atoms with E-state index in [1.165, 1.54) is 6.08 Å². The number of phosphoric acid groups is 2. The van der Waals surface area contributed by atoms with Crippen molar-refractivity contribution in [3.05, 3.63) is 11.6 Å². The number of hydrogen-bond donors (Lipinski definition) is 5. The molecule has 0 amide bonds. The van der Waals surface area contributed by atoms with Gasteiger partial charge in [-0.25, -0.2) is 9.13 Å². The lowest BCUT2D eigenvalue weighted by molar-refractivity contribution is 0.125. The highest BCUT2D eigenvalue weighted by atomic mass is 31.3. The molecular formula is C5H13NO8P2. The zero-order valence-electron chi connectivity index (χ0n) is 8.31. The van der Waals surface area contributed by atoms with E-state index >= 15 is 0 Å². The summed E-state index contributed by atoms with van der Waals surface area (Å²) in [5.41, 5.74) is 2.53. The summed E-state index contributed by atoms with van der Waals surface area (Å²) in [5.74, 6) is 0. The van der Waals surface area contributed by atoms with Gasteiger partial charge in [-0.3, -0.25) is 0 Å². The van der Waals surface area contributed by atoms with Crippen LogP contribution >= 0.6 is 15.6 Å². The number of rotatable bonds is 7. The van der Waals surface area contributed by atoms with Crippen LogP contribution in [0.15, 0.2) is 11.6 Å². The Kier molecular flexibility index (Phi) is 6.57. The number of hydrogen-bond acceptors (Lipinski definition) is 6. The van der Waals surface area contributed by atoms with Crippen LogP contribution in [0.3, 0.4) is 0 Å². The minimum atomic E-state index is -5.09. The Morgan fingerprint density at radius 3 is 2.38 bits per heavy atom. The topological polar surface area (TPSA) is 146 Å². The highest BCUT2D eigenvalue weighted by Crippen LogP contribution is 2.56. The normalized spacial score (nSPS) is 17.2. The summed E-state index contributed by atoms with van der Waals surface area (Å²) in [6.45, 7) is 1.38. The van der Waals surface area contributed by atoms with Gasteiger partial charge in [0.25, 0.3) is 0 Å². The number of aliphatic hydroxyl groups excluding tert-OH is 1. The zero-order chi connectivity index (χ0) is 12.8. The van der Waals surface area contributed by atoms with E-state index in [1.807, 2.05) is 5.48 Å². The van der Waals surface area contributed by atoms with Gasteiger partial charge < -0.3 is 19.8 Å². The fourth-order valence-corrected chi connectivity index (χ4v) is 2.00. The van der Waals surface area contributed by atoms with E-state index < -0.39 is 15.6 Å². The molecule has 0 fully saturated rings. The molecule has 0 rings (SSSR count). The first-order chi connectivity index (χ1) is 7.16. The molecule has 1 unspecified atom stereocenters. The van der Waals surface area contributed by atoms with Crippen LogP contribution in [0.25, 0.3) is 0 Å². The average molecular weight is 277 g/mol. The van der Waals surface area contributed by atoms with Gasteiger partial charge in [0.2, 0.25) is 0 Å². The largest absolute Gasteiger partial charge is 0.497 e. The maximum Gasteiger partial charge on any atom is 0.497 e. The van der Waals surface area contributed by atoms with Crippen molar-refractivity contribution in [1.82, 2.24) is 5.48 Å². The standard InChI is InChI=1S/C5H13NO8P2/c1-5(4-7)2-3-6-13-16(11,12)14-15(8,9)10/h2,6-7H,3-4H2,1H3,(H,11,12)(H2,8,9,10)/b5-2+. The minimum absolute atomic E-state index is 0.0402. The molecule has 0 aromatic rings. The second-order valence-corrected chi connectivity index (χ2v) is 5.44. The maximum atomic E-state index is 10.8. The highest BCUT2D eigenvalue weighted by molar-refractivity contribution is 7.60. The van der Waals surface area contributed by atoms with Gasteiger partial charge in [0.05, 0.1) is 6.61 Å². The molecule has 0 aliphatic rings. The summed E-state index contributed by atoms with van der Waals surface area (Å²) >= 11 is 0. The van der Waals surface area contributed by atoms with Gasteiger partial charge in [-0.15, -0.1) is 0 Å². The molecule has 0 saturated carbocycles. The van der Waals surface area contributed by atoms with Crippen LogP contribution in [0.1, 0.15) is 6.92 Å². The Morgan fingerprint density at radius 1 is 1.38 bits per heavy atom. The maximum absolute atomic E-state index is 10.8. The first-order valence-electron chi connectivity index (χ1n) is 3.94. The van der Waals surface area contributed by atoms with Crippen molar-refractivity contribution in [2.75, 3.05) is 13.2 Å². The van der Waals surface area contributed by atoms with E-state index in [1.54, 1.807) is 6.92 Å². The van der Waals surface area contributed by atoms with E-state index in [-0.39, 0.29) is 13.2 Å². The smallest absolute Gasteiger partial charge is 0.392 e. The Morgan fingerprint density at radius 2 is 1.94 bits per heavy atom. The average Bonchev–Trinajstić information content (AvgIpc) is 2.08. The third-order valence-corrected chi connectivity index (χ3v) is 3.21. The lowest BCUT2D eigenvalue weighted by atomic mass is 10.3. The Balaban J connectivity index is 4.02. The Labute approximate surface area is 91.5 Å². The van der Waals surface area contributed by atoms with Crippen LogP contribution in [0.5, 0.6) is 0 Å². The van der Waals surface area contributed by atoms with Crippen molar-refractivity contribution in [3.8, 4) is 0 Å². The van der Waals surface area contributed by atoms with Gasteiger partial charge in [0.15, 0.2) is 0 Å².